The summed E-state index contributed by atoms with van der Waals surface area (Å²) >= 11 is 0. The van der Waals surface area contributed by atoms with Crippen molar-refractivity contribution in [2.75, 3.05) is 31.9 Å². The average Bonchev–Trinajstić information content (AvgIpc) is 3.30. The summed E-state index contributed by atoms with van der Waals surface area (Å²) in [6, 6.07) is 0. The van der Waals surface area contributed by atoms with Crippen LogP contribution in [-0.2, 0) is 4.74 Å². The lowest BCUT2D eigenvalue weighted by Gasteiger charge is -2.51. The van der Waals surface area contributed by atoms with Crippen molar-refractivity contribution in [3.05, 3.63) is 12.7 Å². The van der Waals surface area contributed by atoms with Gasteiger partial charge < -0.3 is 15.8 Å². The topological polar surface area (TPSA) is 94.1 Å². The number of ether oxygens (including phenoxy) is 1. The van der Waals surface area contributed by atoms with Crippen LogP contribution in [0.15, 0.2) is 12.7 Å². The van der Waals surface area contributed by atoms with Gasteiger partial charge in [-0.25, -0.2) is 15.0 Å². The number of anilines is 1. The summed E-state index contributed by atoms with van der Waals surface area (Å²) < 4.78 is 8.32. The second kappa shape index (κ2) is 5.37. The van der Waals surface area contributed by atoms with Gasteiger partial charge in [-0.2, -0.15) is 0 Å². The van der Waals surface area contributed by atoms with Crippen molar-refractivity contribution in [2.24, 2.45) is 0 Å². The third-order valence-electron chi connectivity index (χ3n) is 5.95. The molecule has 1 spiro atoms. The number of nitrogens with zero attached hydrogens (tertiary/aromatic N) is 5. The fourth-order valence-corrected chi connectivity index (χ4v) is 4.44. The van der Waals surface area contributed by atoms with E-state index in [1.807, 2.05) is 4.57 Å². The zero-order valence-corrected chi connectivity index (χ0v) is 13.7. The minimum absolute atomic E-state index is 0.00627. The lowest BCUT2D eigenvalue weighted by molar-refractivity contribution is -0.0641. The second-order valence-electron chi connectivity index (χ2n) is 7.22. The van der Waals surface area contributed by atoms with E-state index in [2.05, 4.69) is 25.2 Å². The predicted molar refractivity (Wildman–Crippen MR) is 89.3 cm³/mol. The second-order valence-corrected chi connectivity index (χ2v) is 7.22. The van der Waals surface area contributed by atoms with Gasteiger partial charge in [0.15, 0.2) is 11.5 Å². The molecule has 0 radical (unpaired) electrons. The van der Waals surface area contributed by atoms with Gasteiger partial charge in [0.2, 0.25) is 0 Å². The third-order valence-corrected chi connectivity index (χ3v) is 5.95. The smallest absolute Gasteiger partial charge is 0.167 e. The van der Waals surface area contributed by atoms with Crippen LogP contribution in [0.1, 0.15) is 31.9 Å². The Morgan fingerprint density at radius 1 is 1.29 bits per heavy atom. The van der Waals surface area contributed by atoms with Crippen LogP contribution in [0.4, 0.5) is 5.82 Å². The van der Waals surface area contributed by atoms with E-state index < -0.39 is 0 Å². The van der Waals surface area contributed by atoms with Crippen LogP contribution in [-0.4, -0.2) is 62.2 Å². The standard InChI is InChI=1S/C16H23N7O/c17-14-13-15(20-9-19-14)23(10-21-13)12-2-1-11(24-12)7-22-6-4-16(22)3-5-18-8-16/h9-12,18H,1-8H2,(H2,17,19,20). The maximum absolute atomic E-state index is 6.32. The number of fused-ring (bicyclic) bond motifs is 1. The van der Waals surface area contributed by atoms with E-state index in [0.717, 1.165) is 38.1 Å². The van der Waals surface area contributed by atoms with Crippen molar-refractivity contribution in [3.8, 4) is 0 Å². The first-order valence-electron chi connectivity index (χ1n) is 8.79. The molecule has 3 aliphatic rings. The Bertz CT molecular complexity index is 754. The molecule has 0 aliphatic carbocycles. The van der Waals surface area contributed by atoms with Gasteiger partial charge in [0.25, 0.3) is 0 Å². The van der Waals surface area contributed by atoms with Crippen LogP contribution >= 0.6 is 0 Å². The Kier molecular flexibility index (Phi) is 3.26. The van der Waals surface area contributed by atoms with Gasteiger partial charge in [-0.1, -0.05) is 0 Å². The molecule has 0 aromatic carbocycles. The summed E-state index contributed by atoms with van der Waals surface area (Å²) in [5.74, 6) is 0.421. The first-order valence-corrected chi connectivity index (χ1v) is 8.79. The molecule has 0 amide bonds. The largest absolute Gasteiger partial charge is 0.382 e. The van der Waals surface area contributed by atoms with Crippen molar-refractivity contribution >= 4 is 17.0 Å². The van der Waals surface area contributed by atoms with E-state index in [9.17, 15) is 0 Å². The van der Waals surface area contributed by atoms with E-state index >= 15 is 0 Å². The monoisotopic (exact) mass is 329 g/mol. The lowest BCUT2D eigenvalue weighted by Crippen LogP contribution is -2.62. The average molecular weight is 329 g/mol. The van der Waals surface area contributed by atoms with Crippen LogP contribution in [0.2, 0.25) is 0 Å². The molecule has 2 aromatic rings. The molecule has 24 heavy (non-hydrogen) atoms. The van der Waals surface area contributed by atoms with Gasteiger partial charge in [0, 0.05) is 25.2 Å². The first-order chi connectivity index (χ1) is 11.8. The Morgan fingerprint density at radius 2 is 2.25 bits per heavy atom. The number of hydrogen-bond donors (Lipinski definition) is 2. The molecule has 3 aliphatic heterocycles. The van der Waals surface area contributed by atoms with Gasteiger partial charge in [-0.05, 0) is 32.2 Å². The van der Waals surface area contributed by atoms with Gasteiger partial charge in [0.05, 0.1) is 12.4 Å². The van der Waals surface area contributed by atoms with Crippen LogP contribution in [0, 0.1) is 0 Å². The third kappa shape index (κ3) is 2.13. The van der Waals surface area contributed by atoms with Crippen molar-refractivity contribution in [3.63, 3.8) is 0 Å². The van der Waals surface area contributed by atoms with Crippen LogP contribution in [0.25, 0.3) is 11.2 Å². The molecular formula is C16H23N7O. The molecule has 3 atom stereocenters. The van der Waals surface area contributed by atoms with Gasteiger partial charge in [-0.3, -0.25) is 9.47 Å². The van der Waals surface area contributed by atoms with E-state index in [4.69, 9.17) is 10.5 Å². The minimum Gasteiger partial charge on any atom is -0.382 e. The predicted octanol–water partition coefficient (Wildman–Crippen LogP) is 0.524. The molecule has 3 saturated heterocycles. The van der Waals surface area contributed by atoms with E-state index in [0.29, 0.717) is 16.9 Å². The Labute approximate surface area is 140 Å². The minimum atomic E-state index is -0.00627. The summed E-state index contributed by atoms with van der Waals surface area (Å²) in [4.78, 5) is 15.3. The number of imidazole rings is 1. The summed E-state index contributed by atoms with van der Waals surface area (Å²) in [7, 11) is 0. The molecule has 3 fully saturated rings. The number of hydrogen-bond acceptors (Lipinski definition) is 7. The molecule has 0 bridgehead atoms. The number of nitrogens with one attached hydrogen (secondary N) is 1. The van der Waals surface area contributed by atoms with Gasteiger partial charge in [0.1, 0.15) is 18.1 Å². The first kappa shape index (κ1) is 14.6. The lowest BCUT2D eigenvalue weighted by atomic mass is 9.83. The molecule has 3 N–H and O–H groups in total. The molecule has 3 unspecified atom stereocenters. The van der Waals surface area contributed by atoms with Crippen molar-refractivity contribution in [1.82, 2.24) is 29.7 Å². The molecule has 8 nitrogen and oxygen atoms in total. The highest BCUT2D eigenvalue weighted by Crippen LogP contribution is 2.38. The van der Waals surface area contributed by atoms with Crippen LogP contribution in [0.5, 0.6) is 0 Å². The maximum Gasteiger partial charge on any atom is 0.167 e. The van der Waals surface area contributed by atoms with E-state index in [1.54, 1.807) is 6.33 Å². The molecule has 8 heteroatoms. The highest BCUT2D eigenvalue weighted by molar-refractivity contribution is 5.81. The molecule has 0 saturated carbocycles. The fourth-order valence-electron chi connectivity index (χ4n) is 4.44. The number of rotatable bonds is 3. The highest BCUT2D eigenvalue weighted by Gasteiger charge is 2.47. The molecular weight excluding hydrogens is 306 g/mol. The Balaban J connectivity index is 1.29. The summed E-state index contributed by atoms with van der Waals surface area (Å²) in [5, 5.41) is 3.51. The van der Waals surface area contributed by atoms with Crippen molar-refractivity contribution in [1.29, 1.82) is 0 Å². The normalized spacial score (nSPS) is 33.5. The van der Waals surface area contributed by atoms with Crippen molar-refractivity contribution < 1.29 is 4.74 Å². The zero-order chi connectivity index (χ0) is 16.1. The maximum atomic E-state index is 6.32. The van der Waals surface area contributed by atoms with Crippen molar-refractivity contribution in [2.45, 2.75) is 43.6 Å². The Hall–Kier alpha value is -1.77. The zero-order valence-electron chi connectivity index (χ0n) is 13.7. The van der Waals surface area contributed by atoms with Gasteiger partial charge in [-0.15, -0.1) is 0 Å². The number of nitrogens with two attached hydrogens (primary N) is 1. The number of nitrogen functional groups attached to an aromatic ring is 1. The molecule has 2 aromatic heterocycles. The summed E-state index contributed by atoms with van der Waals surface area (Å²) in [5.41, 5.74) is 7.69. The molecule has 5 heterocycles. The van der Waals surface area contributed by atoms with Gasteiger partial charge >= 0.3 is 0 Å². The molecule has 5 rings (SSSR count). The van der Waals surface area contributed by atoms with E-state index in [-0.39, 0.29) is 12.3 Å². The van der Waals surface area contributed by atoms with E-state index in [1.165, 1.54) is 25.7 Å². The summed E-state index contributed by atoms with van der Waals surface area (Å²) in [6.45, 7) is 4.50. The number of likely N-dealkylation sites (tertiary alicyclic amines) is 1. The number of aromatic nitrogens is 4. The molecule has 128 valence electrons. The quantitative estimate of drug-likeness (QED) is 0.848. The van der Waals surface area contributed by atoms with Crippen LogP contribution in [0.3, 0.4) is 0 Å². The van der Waals surface area contributed by atoms with Crippen LogP contribution < -0.4 is 11.1 Å². The Morgan fingerprint density at radius 3 is 3.04 bits per heavy atom. The fraction of sp³-hybridized carbons (Fsp3) is 0.688. The highest BCUT2D eigenvalue weighted by atomic mass is 16.5. The summed E-state index contributed by atoms with van der Waals surface area (Å²) in [6.07, 6.45) is 8.18. The SMILES string of the molecule is Nc1ncnc2c1ncn2C1CCC(CN2CCC23CCNC3)O1.